The van der Waals surface area contributed by atoms with Crippen LogP contribution in [-0.4, -0.2) is 23.5 Å². The van der Waals surface area contributed by atoms with E-state index in [-0.39, 0.29) is 12.5 Å². The van der Waals surface area contributed by atoms with Crippen LogP contribution < -0.4 is 5.32 Å². The Bertz CT molecular complexity index is 714. The summed E-state index contributed by atoms with van der Waals surface area (Å²) in [5.74, 6) is -1.68. The minimum absolute atomic E-state index is 0.132. The summed E-state index contributed by atoms with van der Waals surface area (Å²) in [6.45, 7) is 2.10. The van der Waals surface area contributed by atoms with Crippen LogP contribution in [0.25, 0.3) is 0 Å². The van der Waals surface area contributed by atoms with Gasteiger partial charge in [-0.25, -0.2) is 0 Å². The lowest BCUT2D eigenvalue weighted by Gasteiger charge is -2.14. The van der Waals surface area contributed by atoms with Crippen LogP contribution in [0.15, 0.2) is 36.4 Å². The highest BCUT2D eigenvalue weighted by Crippen LogP contribution is 2.22. The Morgan fingerprint density at radius 1 is 1.29 bits per heavy atom. The summed E-state index contributed by atoms with van der Waals surface area (Å²) in [5.41, 5.74) is 2.06. The van der Waals surface area contributed by atoms with Crippen LogP contribution in [0, 0.1) is 12.8 Å². The Kier molecular flexibility index (Phi) is 6.82. The quantitative estimate of drug-likeness (QED) is 0.749. The van der Waals surface area contributed by atoms with Crippen LogP contribution in [0.2, 0.25) is 4.34 Å². The van der Waals surface area contributed by atoms with Gasteiger partial charge in [-0.15, -0.1) is 11.3 Å². The van der Waals surface area contributed by atoms with Crippen LogP contribution in [0.4, 0.5) is 0 Å². The molecule has 0 spiro atoms. The largest absolute Gasteiger partial charge is 0.481 e. The number of benzene rings is 1. The summed E-state index contributed by atoms with van der Waals surface area (Å²) in [5, 5.41) is 12.1. The average Bonchev–Trinajstić information content (AvgIpc) is 2.94. The molecule has 1 heterocycles. The van der Waals surface area contributed by atoms with Crippen molar-refractivity contribution in [1.82, 2.24) is 5.32 Å². The van der Waals surface area contributed by atoms with Gasteiger partial charge in [-0.3, -0.25) is 9.59 Å². The zero-order chi connectivity index (χ0) is 17.5. The van der Waals surface area contributed by atoms with Gasteiger partial charge in [0.05, 0.1) is 10.3 Å². The first kappa shape index (κ1) is 18.5. The van der Waals surface area contributed by atoms with E-state index in [1.165, 1.54) is 11.3 Å². The molecule has 0 aliphatic carbocycles. The van der Waals surface area contributed by atoms with Crippen molar-refractivity contribution in [2.45, 2.75) is 26.2 Å². The van der Waals surface area contributed by atoms with E-state index in [9.17, 15) is 14.7 Å². The van der Waals surface area contributed by atoms with E-state index in [1.807, 2.05) is 43.3 Å². The number of carbonyl (C=O) groups excluding carboxylic acids is 1. The maximum atomic E-state index is 11.9. The Hall–Kier alpha value is -1.85. The first-order valence-corrected chi connectivity index (χ1v) is 8.92. The first-order chi connectivity index (χ1) is 11.4. The smallest absolute Gasteiger partial charge is 0.308 e. The fourth-order valence-corrected chi connectivity index (χ4v) is 3.51. The highest BCUT2D eigenvalue weighted by Gasteiger charge is 2.19. The number of carboxylic acids is 1. The lowest BCUT2D eigenvalue weighted by Crippen LogP contribution is -2.34. The standard InChI is InChI=1S/C18H20ClNO3S/c1-12-3-2-4-13(9-12)10-14(18(22)23)11-20-17(21)8-6-15-5-7-16(19)24-15/h2-5,7,9,14H,6,8,10-11H2,1H3,(H,20,21)(H,22,23). The Labute approximate surface area is 150 Å². The van der Waals surface area contributed by atoms with Crippen LogP contribution in [0.1, 0.15) is 22.4 Å². The third-order valence-corrected chi connectivity index (χ3v) is 4.98. The molecule has 2 rings (SSSR count). The van der Waals surface area contributed by atoms with E-state index < -0.39 is 11.9 Å². The molecule has 128 valence electrons. The molecule has 1 aromatic carbocycles. The first-order valence-electron chi connectivity index (χ1n) is 7.73. The highest BCUT2D eigenvalue weighted by molar-refractivity contribution is 7.16. The zero-order valence-electron chi connectivity index (χ0n) is 13.4. The van der Waals surface area contributed by atoms with Crippen LogP contribution >= 0.6 is 22.9 Å². The van der Waals surface area contributed by atoms with Gasteiger partial charge in [-0.1, -0.05) is 41.4 Å². The van der Waals surface area contributed by atoms with E-state index >= 15 is 0 Å². The van der Waals surface area contributed by atoms with Crippen molar-refractivity contribution in [3.63, 3.8) is 0 Å². The molecule has 1 aromatic heterocycles. The maximum absolute atomic E-state index is 11.9. The van der Waals surface area contributed by atoms with Crippen LogP contribution in [0.3, 0.4) is 0 Å². The molecule has 1 atom stereocenters. The molecule has 0 bridgehead atoms. The molecular formula is C18H20ClNO3S. The second-order valence-corrected chi connectivity index (χ2v) is 7.54. The van der Waals surface area contributed by atoms with Crippen molar-refractivity contribution >= 4 is 34.8 Å². The Morgan fingerprint density at radius 2 is 2.08 bits per heavy atom. The number of rotatable bonds is 8. The topological polar surface area (TPSA) is 66.4 Å². The van der Waals surface area contributed by atoms with Gasteiger partial charge in [-0.05, 0) is 37.5 Å². The number of thiophene rings is 1. The van der Waals surface area contributed by atoms with E-state index in [1.54, 1.807) is 0 Å². The lowest BCUT2D eigenvalue weighted by molar-refractivity contribution is -0.141. The molecule has 0 aliphatic heterocycles. The predicted octanol–water partition coefficient (Wildman–Crippen LogP) is 3.70. The van der Waals surface area contributed by atoms with Gasteiger partial charge in [0.25, 0.3) is 0 Å². The predicted molar refractivity (Wildman–Crippen MR) is 96.7 cm³/mol. The molecule has 0 saturated carbocycles. The second-order valence-electron chi connectivity index (χ2n) is 5.74. The van der Waals surface area contributed by atoms with E-state index in [0.717, 1.165) is 16.0 Å². The molecule has 4 nitrogen and oxygen atoms in total. The fraction of sp³-hybridized carbons (Fsp3) is 0.333. The summed E-state index contributed by atoms with van der Waals surface area (Å²) in [6, 6.07) is 11.5. The van der Waals surface area contributed by atoms with Gasteiger partial charge in [0.1, 0.15) is 0 Å². The normalized spacial score (nSPS) is 11.9. The Balaban J connectivity index is 1.82. The number of halogens is 1. The number of hydrogen-bond acceptors (Lipinski definition) is 3. The number of carboxylic acid groups (broad SMARTS) is 1. The maximum Gasteiger partial charge on any atom is 0.308 e. The minimum Gasteiger partial charge on any atom is -0.481 e. The SMILES string of the molecule is Cc1cccc(CC(CNC(=O)CCc2ccc(Cl)s2)C(=O)O)c1. The van der Waals surface area contributed by atoms with Crippen molar-refractivity contribution in [1.29, 1.82) is 0 Å². The molecule has 0 aliphatic rings. The lowest BCUT2D eigenvalue weighted by atomic mass is 9.98. The zero-order valence-corrected chi connectivity index (χ0v) is 15.0. The van der Waals surface area contributed by atoms with E-state index in [0.29, 0.717) is 23.6 Å². The molecule has 2 N–H and O–H groups in total. The van der Waals surface area contributed by atoms with Gasteiger partial charge in [0.15, 0.2) is 0 Å². The van der Waals surface area contributed by atoms with Gasteiger partial charge < -0.3 is 10.4 Å². The molecule has 6 heteroatoms. The van der Waals surface area contributed by atoms with E-state index in [4.69, 9.17) is 11.6 Å². The van der Waals surface area contributed by atoms with Crippen LogP contribution in [-0.2, 0) is 22.4 Å². The monoisotopic (exact) mass is 365 g/mol. The molecule has 0 saturated heterocycles. The van der Waals surface area contributed by atoms with Crippen molar-refractivity contribution in [2.75, 3.05) is 6.54 Å². The number of aryl methyl sites for hydroxylation is 2. The number of amides is 1. The molecule has 1 unspecified atom stereocenters. The van der Waals surface area contributed by atoms with Crippen LogP contribution in [0.5, 0.6) is 0 Å². The molecule has 24 heavy (non-hydrogen) atoms. The summed E-state index contributed by atoms with van der Waals surface area (Å²) >= 11 is 7.31. The molecule has 1 amide bonds. The molecule has 2 aromatic rings. The number of nitrogens with one attached hydrogen (secondary N) is 1. The van der Waals surface area contributed by atoms with Crippen molar-refractivity contribution in [2.24, 2.45) is 5.92 Å². The summed E-state index contributed by atoms with van der Waals surface area (Å²) in [6.07, 6.45) is 1.34. The van der Waals surface area contributed by atoms with Gasteiger partial charge in [0, 0.05) is 17.8 Å². The highest BCUT2D eigenvalue weighted by atomic mass is 35.5. The van der Waals surface area contributed by atoms with Crippen molar-refractivity contribution < 1.29 is 14.7 Å². The van der Waals surface area contributed by atoms with Gasteiger partial charge in [-0.2, -0.15) is 0 Å². The number of aliphatic carboxylic acids is 1. The minimum atomic E-state index is -0.901. The third-order valence-electron chi connectivity index (χ3n) is 3.69. The molecule has 0 fully saturated rings. The summed E-state index contributed by atoms with van der Waals surface area (Å²) in [7, 11) is 0. The number of carbonyl (C=O) groups is 2. The summed E-state index contributed by atoms with van der Waals surface area (Å²) in [4.78, 5) is 24.4. The van der Waals surface area contributed by atoms with Gasteiger partial charge >= 0.3 is 5.97 Å². The van der Waals surface area contributed by atoms with Gasteiger partial charge in [0.2, 0.25) is 5.91 Å². The second kappa shape index (κ2) is 8.85. The Morgan fingerprint density at radius 3 is 2.71 bits per heavy atom. The van der Waals surface area contributed by atoms with Crippen molar-refractivity contribution in [3.05, 3.63) is 56.7 Å². The number of hydrogen-bond donors (Lipinski definition) is 2. The third kappa shape index (κ3) is 5.98. The summed E-state index contributed by atoms with van der Waals surface area (Å²) < 4.78 is 0.703. The average molecular weight is 366 g/mol. The van der Waals surface area contributed by atoms with E-state index in [2.05, 4.69) is 5.32 Å². The van der Waals surface area contributed by atoms with Crippen molar-refractivity contribution in [3.8, 4) is 0 Å². The molecular weight excluding hydrogens is 346 g/mol. The molecule has 0 radical (unpaired) electrons. The fourth-order valence-electron chi connectivity index (χ4n) is 2.42.